The van der Waals surface area contributed by atoms with Crippen molar-refractivity contribution in [3.05, 3.63) is 96.6 Å². The van der Waals surface area contributed by atoms with Gasteiger partial charge in [0.2, 0.25) is 0 Å². The highest BCUT2D eigenvalue weighted by Crippen LogP contribution is 2.60. The van der Waals surface area contributed by atoms with Crippen LogP contribution in [0.5, 0.6) is 11.5 Å². The van der Waals surface area contributed by atoms with Gasteiger partial charge in [0.25, 0.3) is 0 Å². The van der Waals surface area contributed by atoms with Gasteiger partial charge in [0, 0.05) is 0 Å². The predicted molar refractivity (Wildman–Crippen MR) is 108 cm³/mol. The fourth-order valence-electron chi connectivity index (χ4n) is 2.73. The van der Waals surface area contributed by atoms with Crippen LogP contribution in [0.3, 0.4) is 0 Å². The van der Waals surface area contributed by atoms with E-state index in [1.54, 1.807) is 0 Å². The number of hydrogen-bond donors (Lipinski definition) is 0. The lowest BCUT2D eigenvalue weighted by molar-refractivity contribution is -0.370. The van der Waals surface area contributed by atoms with Crippen molar-refractivity contribution in [2.75, 3.05) is 0 Å². The molecule has 0 saturated carbocycles. The maximum absolute atomic E-state index is 14.8. The summed E-state index contributed by atoms with van der Waals surface area (Å²) in [5.41, 5.74) is -0.815. The molecule has 0 spiro atoms. The van der Waals surface area contributed by atoms with Gasteiger partial charge in [-0.15, -0.1) is 0 Å². The van der Waals surface area contributed by atoms with E-state index in [-0.39, 0.29) is 11.5 Å². The molecular formula is C22H16F7O4P. The lowest BCUT2D eigenvalue weighted by atomic mass is 9.98. The van der Waals surface area contributed by atoms with E-state index in [1.165, 1.54) is 66.7 Å². The molecule has 0 aliphatic heterocycles. The zero-order valence-electron chi connectivity index (χ0n) is 17.0. The molecule has 4 nitrogen and oxygen atoms in total. The number of benzene rings is 3. The number of halogens is 7. The smallest absolute Gasteiger partial charge is 0.395 e. The van der Waals surface area contributed by atoms with Gasteiger partial charge in [0.1, 0.15) is 11.5 Å². The summed E-state index contributed by atoms with van der Waals surface area (Å²) in [7, 11) is -5.28. The molecule has 0 aromatic heterocycles. The van der Waals surface area contributed by atoms with Gasteiger partial charge in [0.15, 0.2) is 6.10 Å². The third kappa shape index (κ3) is 5.53. The highest BCUT2D eigenvalue weighted by Gasteiger charge is 2.76. The van der Waals surface area contributed by atoms with Crippen LogP contribution in [0.4, 0.5) is 30.7 Å². The van der Waals surface area contributed by atoms with Gasteiger partial charge in [0.05, 0.1) is 0 Å². The van der Waals surface area contributed by atoms with Crippen molar-refractivity contribution in [3.63, 3.8) is 0 Å². The first-order valence-electron chi connectivity index (χ1n) is 9.51. The Balaban J connectivity index is 2.10. The van der Waals surface area contributed by atoms with Crippen LogP contribution in [-0.2, 0) is 9.09 Å². The highest BCUT2D eigenvalue weighted by molar-refractivity contribution is 7.49. The van der Waals surface area contributed by atoms with Crippen LogP contribution < -0.4 is 9.05 Å². The van der Waals surface area contributed by atoms with Crippen molar-refractivity contribution in [2.45, 2.75) is 24.1 Å². The number of alkyl halides is 7. The molecule has 0 bridgehead atoms. The number of hydrogen-bond acceptors (Lipinski definition) is 4. The fourth-order valence-corrected chi connectivity index (χ4v) is 4.12. The average Bonchev–Trinajstić information content (AvgIpc) is 2.78. The second kappa shape index (κ2) is 9.68. The normalized spacial score (nSPS) is 13.9. The fraction of sp³-hybridized carbons (Fsp3) is 0.182. The lowest BCUT2D eigenvalue weighted by Crippen LogP contribution is -2.55. The zero-order chi connectivity index (χ0) is 25.0. The van der Waals surface area contributed by atoms with E-state index < -0.39 is 37.5 Å². The summed E-state index contributed by atoms with van der Waals surface area (Å²) in [6.07, 6.45) is -10.0. The van der Waals surface area contributed by atoms with Crippen LogP contribution in [-0.4, -0.2) is 18.0 Å². The second-order valence-electron chi connectivity index (χ2n) is 6.85. The van der Waals surface area contributed by atoms with E-state index in [0.29, 0.717) is 0 Å². The first-order chi connectivity index (χ1) is 15.9. The molecule has 0 N–H and O–H groups in total. The topological polar surface area (TPSA) is 44.8 Å². The van der Waals surface area contributed by atoms with Gasteiger partial charge in [-0.1, -0.05) is 66.7 Å². The molecule has 0 unspecified atom stereocenters. The maximum atomic E-state index is 14.8. The predicted octanol–water partition coefficient (Wildman–Crippen LogP) is 7.84. The molecule has 0 aliphatic carbocycles. The van der Waals surface area contributed by atoms with Crippen LogP contribution in [0.2, 0.25) is 0 Å². The molecule has 0 heterocycles. The van der Waals surface area contributed by atoms with Gasteiger partial charge in [-0.2, -0.15) is 30.7 Å². The Labute approximate surface area is 189 Å². The molecule has 0 saturated heterocycles. The third-order valence-corrected chi connectivity index (χ3v) is 5.70. The van der Waals surface area contributed by atoms with Crippen LogP contribution >= 0.6 is 7.82 Å². The first-order valence-corrected chi connectivity index (χ1v) is 11.0. The SMILES string of the molecule is O=P(Oc1ccccc1)(Oc1ccccc1)O[C@@H](c1ccccc1)C(F)(F)C(F)(F)C(F)(F)F. The van der Waals surface area contributed by atoms with E-state index in [4.69, 9.17) is 13.6 Å². The molecule has 12 heteroatoms. The van der Waals surface area contributed by atoms with Crippen molar-refractivity contribution in [2.24, 2.45) is 0 Å². The van der Waals surface area contributed by atoms with Crippen molar-refractivity contribution >= 4 is 7.82 Å². The highest BCUT2D eigenvalue weighted by atomic mass is 31.2. The lowest BCUT2D eigenvalue weighted by Gasteiger charge is -2.35. The minimum absolute atomic E-state index is 0.237. The summed E-state index contributed by atoms with van der Waals surface area (Å²) in [5, 5.41) is 0. The van der Waals surface area contributed by atoms with Gasteiger partial charge < -0.3 is 9.05 Å². The van der Waals surface area contributed by atoms with Gasteiger partial charge in [-0.25, -0.2) is 4.57 Å². The van der Waals surface area contributed by atoms with Crippen LogP contribution in [0, 0.1) is 0 Å². The number of para-hydroxylation sites is 2. The summed E-state index contributed by atoms with van der Waals surface area (Å²) in [4.78, 5) is 0. The zero-order valence-corrected chi connectivity index (χ0v) is 17.9. The van der Waals surface area contributed by atoms with Crippen LogP contribution in [0.25, 0.3) is 0 Å². The molecule has 0 amide bonds. The quantitative estimate of drug-likeness (QED) is 0.218. The van der Waals surface area contributed by atoms with Crippen LogP contribution in [0.1, 0.15) is 11.7 Å². The molecular weight excluding hydrogens is 492 g/mol. The Kier molecular flexibility index (Phi) is 7.28. The minimum atomic E-state index is -6.64. The Hall–Kier alpha value is -3.04. The molecule has 3 aromatic carbocycles. The molecule has 0 fully saturated rings. The largest absolute Gasteiger partial charge is 0.588 e. The monoisotopic (exact) mass is 508 g/mol. The number of phosphoric acid groups is 1. The molecule has 0 aliphatic rings. The van der Waals surface area contributed by atoms with E-state index in [1.807, 2.05) is 0 Å². The molecule has 182 valence electrons. The van der Waals surface area contributed by atoms with E-state index in [2.05, 4.69) is 0 Å². The van der Waals surface area contributed by atoms with Crippen molar-refractivity contribution in [3.8, 4) is 11.5 Å². The summed E-state index contributed by atoms with van der Waals surface area (Å²) in [6, 6.07) is 18.7. The van der Waals surface area contributed by atoms with E-state index in [9.17, 15) is 35.3 Å². The van der Waals surface area contributed by atoms with Gasteiger partial charge in [-0.05, 0) is 29.8 Å². The molecule has 1 atom stereocenters. The van der Waals surface area contributed by atoms with Gasteiger partial charge >= 0.3 is 25.8 Å². The van der Waals surface area contributed by atoms with Gasteiger partial charge in [-0.3, -0.25) is 4.52 Å². The molecule has 0 radical (unpaired) electrons. The average molecular weight is 508 g/mol. The van der Waals surface area contributed by atoms with Crippen molar-refractivity contribution in [1.29, 1.82) is 0 Å². The second-order valence-corrected chi connectivity index (χ2v) is 8.32. The first kappa shape index (κ1) is 25.6. The summed E-state index contributed by atoms with van der Waals surface area (Å²) in [6.45, 7) is 0. The maximum Gasteiger partial charge on any atom is 0.588 e. The van der Waals surface area contributed by atoms with Crippen LogP contribution in [0.15, 0.2) is 91.0 Å². The Morgan fingerprint density at radius 3 is 1.38 bits per heavy atom. The summed E-state index contributed by atoms with van der Waals surface area (Å²) < 4.78 is 125. The van der Waals surface area contributed by atoms with E-state index >= 15 is 0 Å². The summed E-state index contributed by atoms with van der Waals surface area (Å²) in [5.74, 6) is -12.9. The molecule has 34 heavy (non-hydrogen) atoms. The minimum Gasteiger partial charge on any atom is -0.395 e. The molecule has 3 rings (SSSR count). The van der Waals surface area contributed by atoms with E-state index in [0.717, 1.165) is 24.3 Å². The third-order valence-electron chi connectivity index (χ3n) is 4.36. The standard InChI is InChI=1S/C22H16F7O4P/c23-20(24,21(25,26)22(27,28)29)19(16-10-4-1-5-11-16)33-34(30,31-17-12-6-2-7-13-17)32-18-14-8-3-9-15-18/h1-15,19H/t19-/m0/s1. The Morgan fingerprint density at radius 1 is 0.618 bits per heavy atom. The molecule has 3 aromatic rings. The number of phosphoric ester groups is 1. The Bertz CT molecular complexity index is 1060. The Morgan fingerprint density at radius 2 is 1.00 bits per heavy atom. The number of rotatable bonds is 9. The van der Waals surface area contributed by atoms with Crippen molar-refractivity contribution < 1.29 is 48.9 Å². The summed E-state index contributed by atoms with van der Waals surface area (Å²) >= 11 is 0. The van der Waals surface area contributed by atoms with Crippen molar-refractivity contribution in [1.82, 2.24) is 0 Å².